The number of ether oxygens (including phenoxy) is 1. The number of nitrogens with zero attached hydrogens (tertiary/aromatic N) is 2. The molecule has 0 spiro atoms. The Morgan fingerprint density at radius 2 is 1.78 bits per heavy atom. The molecule has 3 aliphatic rings. The zero-order chi connectivity index (χ0) is 18.8. The van der Waals surface area contributed by atoms with Crippen LogP contribution in [0, 0.1) is 0 Å². The number of nitrogens with one attached hydrogen (secondary N) is 1. The third-order valence-corrected chi connectivity index (χ3v) is 5.29. The van der Waals surface area contributed by atoms with Crippen molar-refractivity contribution in [3.05, 3.63) is 23.5 Å². The van der Waals surface area contributed by atoms with Gasteiger partial charge in [-0.2, -0.15) is 0 Å². The SMILES string of the molecule is O=C1NC(=O)N(C2CCCCC2)C(=O)C1=Cc1ccc(N2CCOCC2)o1. The van der Waals surface area contributed by atoms with E-state index in [0.717, 1.165) is 45.2 Å². The lowest BCUT2D eigenvalue weighted by molar-refractivity contribution is -0.132. The maximum absolute atomic E-state index is 12.9. The van der Waals surface area contributed by atoms with E-state index in [-0.39, 0.29) is 11.6 Å². The summed E-state index contributed by atoms with van der Waals surface area (Å²) in [5, 5.41) is 2.29. The third kappa shape index (κ3) is 3.62. The Morgan fingerprint density at radius 3 is 2.52 bits per heavy atom. The van der Waals surface area contributed by atoms with Gasteiger partial charge >= 0.3 is 6.03 Å². The van der Waals surface area contributed by atoms with E-state index < -0.39 is 17.8 Å². The summed E-state index contributed by atoms with van der Waals surface area (Å²) in [6.07, 6.45) is 6.05. The van der Waals surface area contributed by atoms with E-state index in [2.05, 4.69) is 5.32 Å². The Labute approximate surface area is 157 Å². The van der Waals surface area contributed by atoms with E-state index in [1.807, 2.05) is 11.0 Å². The van der Waals surface area contributed by atoms with Crippen molar-refractivity contribution in [2.24, 2.45) is 0 Å². The molecule has 4 amide bonds. The van der Waals surface area contributed by atoms with E-state index in [1.165, 1.54) is 11.0 Å². The van der Waals surface area contributed by atoms with Gasteiger partial charge in [0.15, 0.2) is 5.88 Å². The van der Waals surface area contributed by atoms with Crippen molar-refractivity contribution in [2.75, 3.05) is 31.2 Å². The zero-order valence-electron chi connectivity index (χ0n) is 15.1. The summed E-state index contributed by atoms with van der Waals surface area (Å²) in [6.45, 7) is 2.73. The van der Waals surface area contributed by atoms with Crippen LogP contribution in [0.1, 0.15) is 37.9 Å². The lowest BCUT2D eigenvalue weighted by Crippen LogP contribution is -2.58. The molecule has 1 saturated carbocycles. The Morgan fingerprint density at radius 1 is 1.04 bits per heavy atom. The molecule has 8 heteroatoms. The topological polar surface area (TPSA) is 92.1 Å². The van der Waals surface area contributed by atoms with Gasteiger partial charge in [0, 0.05) is 25.2 Å². The van der Waals surface area contributed by atoms with Crippen molar-refractivity contribution in [1.82, 2.24) is 10.2 Å². The van der Waals surface area contributed by atoms with Crippen molar-refractivity contribution in [2.45, 2.75) is 38.1 Å². The fourth-order valence-corrected chi connectivity index (χ4v) is 3.86. The second-order valence-electron chi connectivity index (χ2n) is 7.06. The molecule has 2 saturated heterocycles. The van der Waals surface area contributed by atoms with Crippen molar-refractivity contribution >= 4 is 29.8 Å². The normalized spacial score (nSPS) is 23.9. The standard InChI is InChI=1S/C19H23N3O5/c23-17-15(12-14-6-7-16(27-14)21-8-10-26-11-9-21)18(24)22(19(25)20-17)13-4-2-1-3-5-13/h6-7,12-13H,1-5,8-11H2,(H,20,23,25). The number of carbonyl (C=O) groups is 3. The first-order chi connectivity index (χ1) is 13.1. The molecule has 1 aromatic heterocycles. The summed E-state index contributed by atoms with van der Waals surface area (Å²) in [7, 11) is 0. The predicted molar refractivity (Wildman–Crippen MR) is 97.0 cm³/mol. The molecule has 27 heavy (non-hydrogen) atoms. The molecule has 3 heterocycles. The summed E-state index contributed by atoms with van der Waals surface area (Å²) in [6, 6.07) is 2.76. The number of imide groups is 2. The number of barbiturate groups is 1. The fourth-order valence-electron chi connectivity index (χ4n) is 3.86. The number of carbonyl (C=O) groups excluding carboxylic acids is 3. The summed E-state index contributed by atoms with van der Waals surface area (Å²) in [4.78, 5) is 40.6. The average Bonchev–Trinajstić information content (AvgIpc) is 3.15. The van der Waals surface area contributed by atoms with Gasteiger partial charge in [-0.3, -0.25) is 19.8 Å². The molecule has 8 nitrogen and oxygen atoms in total. The Bertz CT molecular complexity index is 772. The minimum Gasteiger partial charge on any atom is -0.441 e. The van der Waals surface area contributed by atoms with Crippen LogP contribution in [0.5, 0.6) is 0 Å². The van der Waals surface area contributed by atoms with Gasteiger partial charge < -0.3 is 14.1 Å². The monoisotopic (exact) mass is 373 g/mol. The van der Waals surface area contributed by atoms with Crippen LogP contribution in [0.4, 0.5) is 10.7 Å². The van der Waals surface area contributed by atoms with Gasteiger partial charge in [-0.05, 0) is 25.0 Å². The van der Waals surface area contributed by atoms with Crippen LogP contribution in [0.15, 0.2) is 22.1 Å². The molecule has 0 unspecified atom stereocenters. The Hall–Kier alpha value is -2.61. The number of amides is 4. The van der Waals surface area contributed by atoms with Crippen LogP contribution in [0.3, 0.4) is 0 Å². The fraction of sp³-hybridized carbons (Fsp3) is 0.526. The minimum atomic E-state index is -0.679. The number of urea groups is 1. The molecular weight excluding hydrogens is 350 g/mol. The third-order valence-electron chi connectivity index (χ3n) is 5.29. The molecule has 0 bridgehead atoms. The van der Waals surface area contributed by atoms with E-state index in [9.17, 15) is 14.4 Å². The first-order valence-corrected chi connectivity index (χ1v) is 9.46. The second kappa shape index (κ2) is 7.56. The predicted octanol–water partition coefficient (Wildman–Crippen LogP) is 1.91. The number of furan rings is 1. The molecule has 0 radical (unpaired) electrons. The van der Waals surface area contributed by atoms with Gasteiger partial charge in [0.2, 0.25) is 0 Å². The quantitative estimate of drug-likeness (QED) is 0.643. The molecule has 4 rings (SSSR count). The second-order valence-corrected chi connectivity index (χ2v) is 7.06. The van der Waals surface area contributed by atoms with E-state index in [4.69, 9.17) is 9.15 Å². The van der Waals surface area contributed by atoms with Crippen LogP contribution < -0.4 is 10.2 Å². The largest absolute Gasteiger partial charge is 0.441 e. The molecule has 144 valence electrons. The van der Waals surface area contributed by atoms with Gasteiger partial charge in [0.25, 0.3) is 11.8 Å². The lowest BCUT2D eigenvalue weighted by Gasteiger charge is -2.35. The van der Waals surface area contributed by atoms with Crippen LogP contribution in [-0.4, -0.2) is 55.1 Å². The summed E-state index contributed by atoms with van der Waals surface area (Å²) < 4.78 is 11.1. The van der Waals surface area contributed by atoms with E-state index >= 15 is 0 Å². The number of hydrogen-bond acceptors (Lipinski definition) is 6. The van der Waals surface area contributed by atoms with Crippen LogP contribution >= 0.6 is 0 Å². The molecule has 1 aliphatic carbocycles. The highest BCUT2D eigenvalue weighted by atomic mass is 16.5. The van der Waals surface area contributed by atoms with Crippen LogP contribution in [0.25, 0.3) is 6.08 Å². The molecule has 0 aromatic carbocycles. The molecule has 3 fully saturated rings. The van der Waals surface area contributed by atoms with Crippen molar-refractivity contribution in [3.8, 4) is 0 Å². The van der Waals surface area contributed by atoms with Gasteiger partial charge in [-0.25, -0.2) is 4.79 Å². The van der Waals surface area contributed by atoms with E-state index in [1.54, 1.807) is 6.07 Å². The van der Waals surface area contributed by atoms with E-state index in [0.29, 0.717) is 24.9 Å². The first kappa shape index (κ1) is 17.8. The van der Waals surface area contributed by atoms with Crippen LogP contribution in [-0.2, 0) is 14.3 Å². The highest BCUT2D eigenvalue weighted by Crippen LogP contribution is 2.27. The maximum atomic E-state index is 12.9. The lowest BCUT2D eigenvalue weighted by atomic mass is 9.93. The number of morpholine rings is 1. The molecule has 2 aliphatic heterocycles. The molecule has 1 N–H and O–H groups in total. The van der Waals surface area contributed by atoms with Crippen molar-refractivity contribution in [3.63, 3.8) is 0 Å². The van der Waals surface area contributed by atoms with Gasteiger partial charge in [0.05, 0.1) is 13.2 Å². The minimum absolute atomic E-state index is 0.0666. The van der Waals surface area contributed by atoms with Gasteiger partial charge in [-0.15, -0.1) is 0 Å². The highest BCUT2D eigenvalue weighted by Gasteiger charge is 2.40. The summed E-state index contributed by atoms with van der Waals surface area (Å²) in [5.41, 5.74) is -0.0666. The first-order valence-electron chi connectivity index (χ1n) is 9.46. The van der Waals surface area contributed by atoms with Gasteiger partial charge in [0.1, 0.15) is 11.3 Å². The Kier molecular flexibility index (Phi) is 4.98. The maximum Gasteiger partial charge on any atom is 0.331 e. The zero-order valence-corrected chi connectivity index (χ0v) is 15.1. The van der Waals surface area contributed by atoms with Crippen molar-refractivity contribution < 1.29 is 23.5 Å². The Balaban J connectivity index is 1.55. The molecular formula is C19H23N3O5. The molecule has 0 atom stereocenters. The van der Waals surface area contributed by atoms with Crippen molar-refractivity contribution in [1.29, 1.82) is 0 Å². The number of anilines is 1. The number of rotatable bonds is 3. The highest BCUT2D eigenvalue weighted by molar-refractivity contribution is 6.31. The average molecular weight is 373 g/mol. The van der Waals surface area contributed by atoms with Crippen LogP contribution in [0.2, 0.25) is 0 Å². The summed E-state index contributed by atoms with van der Waals surface area (Å²) in [5.74, 6) is -0.136. The molecule has 1 aromatic rings. The summed E-state index contributed by atoms with van der Waals surface area (Å²) >= 11 is 0. The smallest absolute Gasteiger partial charge is 0.331 e. The van der Waals surface area contributed by atoms with Gasteiger partial charge in [-0.1, -0.05) is 19.3 Å². The number of hydrogen-bond donors (Lipinski definition) is 1.